The van der Waals surface area contributed by atoms with Gasteiger partial charge in [-0.15, -0.1) is 0 Å². The highest BCUT2D eigenvalue weighted by Crippen LogP contribution is 2.31. The number of pyridine rings is 1. The van der Waals surface area contributed by atoms with Gasteiger partial charge in [0.05, 0.1) is 35.9 Å². The van der Waals surface area contributed by atoms with Crippen molar-refractivity contribution in [3.63, 3.8) is 0 Å². The lowest BCUT2D eigenvalue weighted by Gasteiger charge is -2.29. The molecule has 3 aromatic heterocycles. The lowest BCUT2D eigenvalue weighted by atomic mass is 9.96. The Hall–Kier alpha value is -5.30. The number of rotatable bonds is 7. The Morgan fingerprint density at radius 3 is 2.70 bits per heavy atom. The van der Waals surface area contributed by atoms with Gasteiger partial charge in [-0.3, -0.25) is 4.79 Å². The molecule has 13 heteroatoms. The van der Waals surface area contributed by atoms with Gasteiger partial charge >= 0.3 is 6.03 Å². The van der Waals surface area contributed by atoms with Crippen LogP contribution in [0, 0.1) is 18.6 Å². The number of carbonyl (C=O) groups is 2. The number of aromatic nitrogens is 4. The van der Waals surface area contributed by atoms with E-state index in [2.05, 4.69) is 20.4 Å². The zero-order valence-corrected chi connectivity index (χ0v) is 23.0. The van der Waals surface area contributed by atoms with Crippen LogP contribution >= 0.6 is 0 Å². The molecule has 5 aromatic rings. The summed E-state index contributed by atoms with van der Waals surface area (Å²) in [6.07, 6.45) is 3.38. The van der Waals surface area contributed by atoms with Crippen molar-refractivity contribution in [2.75, 3.05) is 25.4 Å². The fourth-order valence-electron chi connectivity index (χ4n) is 5.21. The first-order valence-electron chi connectivity index (χ1n) is 13.5. The van der Waals surface area contributed by atoms with Gasteiger partial charge in [-0.1, -0.05) is 12.1 Å². The summed E-state index contributed by atoms with van der Waals surface area (Å²) in [5, 5.41) is 16.8. The number of amides is 2. The predicted molar refractivity (Wildman–Crippen MR) is 153 cm³/mol. The molecule has 6 rings (SSSR count). The van der Waals surface area contributed by atoms with Crippen LogP contribution < -0.4 is 15.8 Å². The fraction of sp³-hybridized carbons (Fsp3) is 0.200. The van der Waals surface area contributed by atoms with Gasteiger partial charge in [-0.25, -0.2) is 23.2 Å². The minimum atomic E-state index is -0.857. The molecule has 220 valence electrons. The first-order valence-corrected chi connectivity index (χ1v) is 13.5. The number of aliphatic hydroxyl groups is 1. The number of nitrogens with zero attached hydrogens (tertiary/aromatic N) is 4. The molecule has 0 fully saturated rings. The van der Waals surface area contributed by atoms with E-state index in [0.717, 1.165) is 34.2 Å². The lowest BCUT2D eigenvalue weighted by Crippen LogP contribution is -2.43. The average Bonchev–Trinajstić information content (AvgIpc) is 3.61. The number of carbonyl (C=O) groups excluding carboxylic acids is 2. The Morgan fingerprint density at radius 1 is 1.16 bits per heavy atom. The molecule has 4 heterocycles. The van der Waals surface area contributed by atoms with Crippen molar-refractivity contribution in [1.29, 1.82) is 0 Å². The second-order valence-electron chi connectivity index (χ2n) is 10.1. The Labute approximate surface area is 243 Å². The van der Waals surface area contributed by atoms with Crippen LogP contribution in [0.15, 0.2) is 54.9 Å². The molecule has 0 radical (unpaired) electrons. The second kappa shape index (κ2) is 11.2. The fourth-order valence-corrected chi connectivity index (χ4v) is 5.21. The van der Waals surface area contributed by atoms with Gasteiger partial charge in [0.1, 0.15) is 5.82 Å². The molecule has 0 atom stereocenters. The number of nitrogen functional groups attached to an aromatic ring is 1. The Bertz CT molecular complexity index is 1860. The number of para-hydroxylation sites is 1. The van der Waals surface area contributed by atoms with Crippen LogP contribution in [-0.2, 0) is 13.0 Å². The first-order chi connectivity index (χ1) is 20.7. The van der Waals surface area contributed by atoms with E-state index >= 15 is 0 Å². The molecule has 2 aromatic carbocycles. The van der Waals surface area contributed by atoms with Gasteiger partial charge in [-0.2, -0.15) is 5.10 Å². The summed E-state index contributed by atoms with van der Waals surface area (Å²) in [7, 11) is 0. The quantitative estimate of drug-likeness (QED) is 0.210. The van der Waals surface area contributed by atoms with Crippen LogP contribution in [0.25, 0.3) is 16.6 Å². The predicted octanol–water partition coefficient (Wildman–Crippen LogP) is 4.00. The molecule has 1 aliphatic rings. The van der Waals surface area contributed by atoms with E-state index in [9.17, 15) is 18.4 Å². The minimum Gasteiger partial charge on any atom is -0.433 e. The van der Waals surface area contributed by atoms with Crippen LogP contribution in [0.2, 0.25) is 0 Å². The number of aliphatic hydroxyl groups excluding tert-OH is 1. The number of ether oxygens (including phenoxy) is 1. The summed E-state index contributed by atoms with van der Waals surface area (Å²) in [5.41, 5.74) is 10.8. The number of nitrogens with two attached hydrogens (primary N) is 1. The zero-order valence-electron chi connectivity index (χ0n) is 23.0. The van der Waals surface area contributed by atoms with Gasteiger partial charge in [-0.05, 0) is 54.3 Å². The summed E-state index contributed by atoms with van der Waals surface area (Å²) in [6, 6.07) is 10.3. The number of fused-ring (bicyclic) bond motifs is 3. The Balaban J connectivity index is 1.24. The molecule has 5 N–H and O–H groups in total. The number of anilines is 1. The largest absolute Gasteiger partial charge is 0.433 e. The topological polar surface area (TPSA) is 151 Å². The van der Waals surface area contributed by atoms with E-state index in [-0.39, 0.29) is 42.2 Å². The minimum absolute atomic E-state index is 0.0254. The van der Waals surface area contributed by atoms with Gasteiger partial charge in [0.2, 0.25) is 17.4 Å². The molecule has 0 saturated carbocycles. The number of H-pyrrole nitrogens is 1. The average molecular weight is 588 g/mol. The monoisotopic (exact) mass is 587 g/mol. The number of aryl methyl sites for hydroxylation is 1. The van der Waals surface area contributed by atoms with E-state index < -0.39 is 17.4 Å². The van der Waals surface area contributed by atoms with Crippen molar-refractivity contribution in [1.82, 2.24) is 30.0 Å². The Morgan fingerprint density at radius 2 is 1.95 bits per heavy atom. The second-order valence-corrected chi connectivity index (χ2v) is 10.1. The molecule has 0 aliphatic carbocycles. The van der Waals surface area contributed by atoms with Crippen molar-refractivity contribution in [2.24, 2.45) is 0 Å². The van der Waals surface area contributed by atoms with Crippen molar-refractivity contribution < 1.29 is 28.2 Å². The number of halogens is 2. The number of urea groups is 1. The van der Waals surface area contributed by atoms with Crippen LogP contribution in [0.3, 0.4) is 0 Å². The maximum Gasteiger partial charge on any atom is 0.317 e. The van der Waals surface area contributed by atoms with Gasteiger partial charge < -0.3 is 30.8 Å². The summed E-state index contributed by atoms with van der Waals surface area (Å²) in [6.45, 7) is 2.71. The molecule has 0 bridgehead atoms. The molecule has 11 nitrogen and oxygen atoms in total. The molecule has 0 spiro atoms. The van der Waals surface area contributed by atoms with Crippen molar-refractivity contribution in [3.05, 3.63) is 94.4 Å². The number of hydrogen-bond acceptors (Lipinski definition) is 7. The van der Waals surface area contributed by atoms with E-state index in [1.54, 1.807) is 17.9 Å². The summed E-state index contributed by atoms with van der Waals surface area (Å²) >= 11 is 0. The first kappa shape index (κ1) is 27.8. The molecular weight excluding hydrogens is 560 g/mol. The molecule has 0 unspecified atom stereocenters. The zero-order chi connectivity index (χ0) is 30.2. The van der Waals surface area contributed by atoms with Crippen molar-refractivity contribution >= 4 is 28.5 Å². The van der Waals surface area contributed by atoms with Crippen LogP contribution in [0.5, 0.6) is 11.6 Å². The highest BCUT2D eigenvalue weighted by atomic mass is 19.1. The molecule has 43 heavy (non-hydrogen) atoms. The summed E-state index contributed by atoms with van der Waals surface area (Å²) in [5.74, 6) is -2.56. The van der Waals surface area contributed by atoms with E-state index in [0.29, 0.717) is 36.5 Å². The number of hydrogen-bond donors (Lipinski definition) is 4. The lowest BCUT2D eigenvalue weighted by molar-refractivity contribution is 0.103. The van der Waals surface area contributed by atoms with E-state index in [1.165, 1.54) is 29.2 Å². The molecule has 0 saturated heterocycles. The van der Waals surface area contributed by atoms with Crippen molar-refractivity contribution in [3.8, 4) is 17.3 Å². The molecular formula is C30H27F2N7O4. The molecule has 1 aliphatic heterocycles. The number of nitrogens with one attached hydrogen (secondary N) is 2. The third-order valence-electron chi connectivity index (χ3n) is 7.39. The van der Waals surface area contributed by atoms with Gasteiger partial charge in [0.15, 0.2) is 11.6 Å². The molecule has 2 amide bonds. The summed E-state index contributed by atoms with van der Waals surface area (Å²) < 4.78 is 34.7. The van der Waals surface area contributed by atoms with Crippen LogP contribution in [-0.4, -0.2) is 61.3 Å². The third-order valence-corrected chi connectivity index (χ3v) is 7.39. The summed E-state index contributed by atoms with van der Waals surface area (Å²) in [4.78, 5) is 34.9. The highest BCUT2D eigenvalue weighted by molar-refractivity contribution is 6.12. The van der Waals surface area contributed by atoms with Crippen LogP contribution in [0.4, 0.5) is 19.4 Å². The standard InChI is InChI=1S/C30H27F2N7O4/c1-16-11-26(43-28-21(31)3-2-4-22(28)32)35-14-25(16)39-29(33)20(13-36-39)27(41)24-12-19-18-7-9-38(30(42)34-8-10-40)15-17(18)5-6-23(19)37-24/h2-6,11-14,37,40H,7-10,15,33H2,1H3,(H,34,42). The smallest absolute Gasteiger partial charge is 0.317 e. The highest BCUT2D eigenvalue weighted by Gasteiger charge is 2.25. The SMILES string of the molecule is Cc1cc(Oc2c(F)cccc2F)ncc1-n1ncc(C(=O)c2cc3c4c(ccc3[nH]2)CN(C(=O)NCCO)CC4)c1N. The van der Waals surface area contributed by atoms with E-state index in [4.69, 9.17) is 15.6 Å². The van der Waals surface area contributed by atoms with Crippen LogP contribution in [0.1, 0.15) is 32.7 Å². The van der Waals surface area contributed by atoms with Gasteiger partial charge in [0, 0.05) is 36.6 Å². The normalized spacial score (nSPS) is 12.8. The number of aromatic amines is 1. The maximum atomic E-state index is 14.0. The maximum absolute atomic E-state index is 14.0. The number of ketones is 1. The number of benzene rings is 2. The third kappa shape index (κ3) is 5.14. The van der Waals surface area contributed by atoms with Crippen molar-refractivity contribution in [2.45, 2.75) is 19.9 Å². The van der Waals surface area contributed by atoms with E-state index in [1.807, 2.05) is 12.1 Å². The van der Waals surface area contributed by atoms with Gasteiger partial charge in [0.25, 0.3) is 0 Å². The Kier molecular flexibility index (Phi) is 7.24.